The van der Waals surface area contributed by atoms with Gasteiger partial charge in [-0.1, -0.05) is 6.07 Å². The summed E-state index contributed by atoms with van der Waals surface area (Å²) in [6, 6.07) is 7.28. The Kier molecular flexibility index (Phi) is 2.76. The minimum Gasteiger partial charge on any atom is -0.508 e. The van der Waals surface area contributed by atoms with Crippen LogP contribution in [0.3, 0.4) is 0 Å². The molecule has 0 fully saturated rings. The molecule has 1 aromatic carbocycles. The van der Waals surface area contributed by atoms with Crippen molar-refractivity contribution < 1.29 is 13.5 Å². The lowest BCUT2D eigenvalue weighted by Gasteiger charge is -2.07. The fraction of sp³-hybridized carbons (Fsp3) is 0.100. The fourth-order valence-electron chi connectivity index (χ4n) is 1.40. The lowest BCUT2D eigenvalue weighted by molar-refractivity contribution is 0.475. The molecule has 0 unspecified atom stereocenters. The molecule has 0 saturated carbocycles. The van der Waals surface area contributed by atoms with Crippen molar-refractivity contribution in [2.45, 2.75) is 5.03 Å². The Morgan fingerprint density at radius 2 is 2.12 bits per heavy atom. The number of anilines is 1. The van der Waals surface area contributed by atoms with Crippen LogP contribution < -0.4 is 4.72 Å². The van der Waals surface area contributed by atoms with E-state index in [1.165, 1.54) is 36.1 Å². The van der Waals surface area contributed by atoms with Gasteiger partial charge < -0.3 is 5.11 Å². The molecule has 0 saturated heterocycles. The lowest BCUT2D eigenvalue weighted by atomic mass is 10.3. The van der Waals surface area contributed by atoms with Gasteiger partial charge in [-0.25, -0.2) is 0 Å². The summed E-state index contributed by atoms with van der Waals surface area (Å²) in [5.74, 6) is -0.00444. The van der Waals surface area contributed by atoms with E-state index in [-0.39, 0.29) is 10.8 Å². The molecule has 90 valence electrons. The third kappa shape index (κ3) is 2.39. The van der Waals surface area contributed by atoms with Gasteiger partial charge in [0.1, 0.15) is 5.75 Å². The number of aromatic hydroxyl groups is 1. The first-order chi connectivity index (χ1) is 7.99. The van der Waals surface area contributed by atoms with Gasteiger partial charge >= 0.3 is 0 Å². The van der Waals surface area contributed by atoms with Crippen molar-refractivity contribution >= 4 is 15.7 Å². The molecule has 2 aromatic rings. The van der Waals surface area contributed by atoms with Crippen LogP contribution in [0, 0.1) is 0 Å². The van der Waals surface area contributed by atoms with Crippen molar-refractivity contribution in [2.75, 3.05) is 4.72 Å². The topological polar surface area (TPSA) is 84.2 Å². The molecule has 0 bridgehead atoms. The van der Waals surface area contributed by atoms with Crippen molar-refractivity contribution in [3.63, 3.8) is 0 Å². The zero-order valence-corrected chi connectivity index (χ0v) is 9.85. The Labute approximate surface area is 98.6 Å². The van der Waals surface area contributed by atoms with Crippen LogP contribution in [0.5, 0.6) is 5.75 Å². The van der Waals surface area contributed by atoms with Crippen LogP contribution in [0.15, 0.2) is 41.6 Å². The van der Waals surface area contributed by atoms with Gasteiger partial charge in [0.25, 0.3) is 10.0 Å². The number of phenolic OH excluding ortho intramolecular Hbond substituents is 1. The van der Waals surface area contributed by atoms with E-state index in [2.05, 4.69) is 9.82 Å². The highest BCUT2D eigenvalue weighted by Crippen LogP contribution is 2.19. The van der Waals surface area contributed by atoms with Crippen LogP contribution in [0.1, 0.15) is 0 Å². The molecular weight excluding hydrogens is 242 g/mol. The third-order valence-corrected chi connectivity index (χ3v) is 3.61. The number of hydrogen-bond acceptors (Lipinski definition) is 4. The Hall–Kier alpha value is -2.02. The highest BCUT2D eigenvalue weighted by atomic mass is 32.2. The number of phenols is 1. The quantitative estimate of drug-likeness (QED) is 0.852. The SMILES string of the molecule is Cn1nccc1S(=O)(=O)Nc1cccc(O)c1. The summed E-state index contributed by atoms with van der Waals surface area (Å²) in [5.41, 5.74) is 0.297. The number of hydrogen-bond donors (Lipinski definition) is 2. The maximum Gasteiger partial charge on any atom is 0.279 e. The Balaban J connectivity index is 2.33. The first-order valence-electron chi connectivity index (χ1n) is 4.79. The number of nitrogens with one attached hydrogen (secondary N) is 1. The summed E-state index contributed by atoms with van der Waals surface area (Å²) < 4.78 is 27.5. The highest BCUT2D eigenvalue weighted by molar-refractivity contribution is 7.92. The zero-order valence-electron chi connectivity index (χ0n) is 9.03. The van der Waals surface area contributed by atoms with Crippen molar-refractivity contribution in [1.29, 1.82) is 0 Å². The van der Waals surface area contributed by atoms with Gasteiger partial charge in [0.05, 0.1) is 11.9 Å². The number of benzene rings is 1. The highest BCUT2D eigenvalue weighted by Gasteiger charge is 2.17. The lowest BCUT2D eigenvalue weighted by Crippen LogP contribution is -2.16. The molecular formula is C10H11N3O3S. The summed E-state index contributed by atoms with van der Waals surface area (Å²) in [7, 11) is -2.14. The van der Waals surface area contributed by atoms with E-state index in [0.717, 1.165) is 0 Å². The van der Waals surface area contributed by atoms with Gasteiger partial charge in [-0.15, -0.1) is 0 Å². The Morgan fingerprint density at radius 3 is 2.71 bits per heavy atom. The van der Waals surface area contributed by atoms with Gasteiger partial charge in [0.15, 0.2) is 5.03 Å². The number of nitrogens with zero attached hydrogens (tertiary/aromatic N) is 2. The van der Waals surface area contributed by atoms with E-state index in [4.69, 9.17) is 0 Å². The van der Waals surface area contributed by atoms with Crippen LogP contribution in [0.25, 0.3) is 0 Å². The van der Waals surface area contributed by atoms with Gasteiger partial charge in [-0.3, -0.25) is 9.40 Å². The summed E-state index contributed by atoms with van der Waals surface area (Å²) in [6.45, 7) is 0. The van der Waals surface area contributed by atoms with E-state index in [1.807, 2.05) is 0 Å². The summed E-state index contributed by atoms with van der Waals surface area (Å²) >= 11 is 0. The van der Waals surface area contributed by atoms with Crippen molar-refractivity contribution in [3.8, 4) is 5.75 Å². The fourth-order valence-corrected chi connectivity index (χ4v) is 2.58. The van der Waals surface area contributed by atoms with E-state index >= 15 is 0 Å². The van der Waals surface area contributed by atoms with Crippen LogP contribution in [-0.2, 0) is 17.1 Å². The second kappa shape index (κ2) is 4.10. The van der Waals surface area contributed by atoms with E-state index < -0.39 is 10.0 Å². The first kappa shape index (κ1) is 11.5. The molecule has 17 heavy (non-hydrogen) atoms. The van der Waals surface area contributed by atoms with Crippen LogP contribution >= 0.6 is 0 Å². The zero-order chi connectivity index (χ0) is 12.5. The van der Waals surface area contributed by atoms with Crippen LogP contribution in [0.4, 0.5) is 5.69 Å². The summed E-state index contributed by atoms with van der Waals surface area (Å²) in [4.78, 5) is 0. The predicted octanol–water partition coefficient (Wildman–Crippen LogP) is 0.926. The molecule has 1 heterocycles. The second-order valence-electron chi connectivity index (χ2n) is 3.45. The summed E-state index contributed by atoms with van der Waals surface area (Å²) in [5, 5.41) is 13.1. The van der Waals surface area contributed by atoms with Crippen molar-refractivity contribution in [2.24, 2.45) is 7.05 Å². The van der Waals surface area contributed by atoms with E-state index in [1.54, 1.807) is 12.1 Å². The number of rotatable bonds is 3. The molecule has 2 N–H and O–H groups in total. The molecule has 2 rings (SSSR count). The van der Waals surface area contributed by atoms with Crippen LogP contribution in [0.2, 0.25) is 0 Å². The Bertz CT molecular complexity index is 634. The molecule has 0 aliphatic heterocycles. The number of aromatic nitrogens is 2. The van der Waals surface area contributed by atoms with E-state index in [0.29, 0.717) is 5.69 Å². The maximum atomic E-state index is 11.9. The molecule has 0 radical (unpaired) electrons. The van der Waals surface area contributed by atoms with Gasteiger partial charge in [-0.2, -0.15) is 13.5 Å². The molecule has 0 spiro atoms. The van der Waals surface area contributed by atoms with Gasteiger partial charge in [0, 0.05) is 13.1 Å². The predicted molar refractivity (Wildman–Crippen MR) is 62.1 cm³/mol. The molecule has 0 atom stereocenters. The largest absolute Gasteiger partial charge is 0.508 e. The van der Waals surface area contributed by atoms with Gasteiger partial charge in [0.2, 0.25) is 0 Å². The normalized spacial score (nSPS) is 11.4. The molecule has 1 aromatic heterocycles. The first-order valence-corrected chi connectivity index (χ1v) is 6.27. The van der Waals surface area contributed by atoms with Crippen LogP contribution in [-0.4, -0.2) is 23.3 Å². The third-order valence-electron chi connectivity index (χ3n) is 2.15. The number of aryl methyl sites for hydroxylation is 1. The second-order valence-corrected chi connectivity index (χ2v) is 5.08. The average Bonchev–Trinajstić information content (AvgIpc) is 2.64. The minimum absolute atomic E-state index is 0.00444. The minimum atomic E-state index is -3.68. The standard InChI is InChI=1S/C10H11N3O3S/c1-13-10(5-6-11-13)17(15,16)12-8-3-2-4-9(14)7-8/h2-7,12,14H,1H3. The smallest absolute Gasteiger partial charge is 0.279 e. The van der Waals surface area contributed by atoms with Crippen molar-refractivity contribution in [1.82, 2.24) is 9.78 Å². The maximum absolute atomic E-state index is 11.9. The Morgan fingerprint density at radius 1 is 1.35 bits per heavy atom. The average molecular weight is 253 g/mol. The molecule has 7 heteroatoms. The van der Waals surface area contributed by atoms with E-state index in [9.17, 15) is 13.5 Å². The summed E-state index contributed by atoms with van der Waals surface area (Å²) in [6.07, 6.45) is 1.40. The molecule has 6 nitrogen and oxygen atoms in total. The number of sulfonamides is 1. The monoisotopic (exact) mass is 253 g/mol. The molecule has 0 amide bonds. The van der Waals surface area contributed by atoms with Gasteiger partial charge in [-0.05, 0) is 18.2 Å². The molecule has 0 aliphatic rings. The molecule has 0 aliphatic carbocycles. The van der Waals surface area contributed by atoms with Crippen molar-refractivity contribution in [3.05, 3.63) is 36.5 Å².